The smallest absolute Gasteiger partial charge is 0.0709 e. The van der Waals surface area contributed by atoms with E-state index in [2.05, 4.69) is 191 Å². The number of nitrogens with zero attached hydrogens (tertiary/aromatic N) is 4. The van der Waals surface area contributed by atoms with Crippen molar-refractivity contribution in [3.05, 3.63) is 194 Å². The Hall–Kier alpha value is -7.60. The molecular weight excluding hydrogens is 737 g/mol. The zero-order chi connectivity index (χ0) is 38.6. The van der Waals surface area contributed by atoms with Crippen LogP contribution in [0.5, 0.6) is 0 Å². The van der Waals surface area contributed by atoms with E-state index < -0.39 is 0 Å². The number of pyridine rings is 2. The van der Waals surface area contributed by atoms with Crippen LogP contribution in [-0.4, -0.2) is 19.1 Å². The number of benzene rings is 8. The van der Waals surface area contributed by atoms with Gasteiger partial charge < -0.3 is 9.13 Å². The summed E-state index contributed by atoms with van der Waals surface area (Å²) in [4.78, 5) is 9.93. The van der Waals surface area contributed by atoms with Crippen LogP contribution in [0.15, 0.2) is 194 Å². The Bertz CT molecular complexity index is 3580. The van der Waals surface area contributed by atoms with E-state index in [0.717, 1.165) is 55.7 Å². The highest BCUT2D eigenvalue weighted by molar-refractivity contribution is 7.27. The molecule has 8 aromatic carbocycles. The van der Waals surface area contributed by atoms with E-state index in [9.17, 15) is 0 Å². The van der Waals surface area contributed by atoms with E-state index in [0.29, 0.717) is 0 Å². The second-order valence-corrected chi connectivity index (χ2v) is 16.4. The summed E-state index contributed by atoms with van der Waals surface area (Å²) < 4.78 is 7.48. The van der Waals surface area contributed by atoms with Crippen molar-refractivity contribution in [1.82, 2.24) is 19.1 Å². The van der Waals surface area contributed by atoms with Crippen molar-refractivity contribution in [3.8, 4) is 33.9 Å². The van der Waals surface area contributed by atoms with Crippen molar-refractivity contribution in [2.75, 3.05) is 0 Å². The molecular formula is C54H32N4S. The zero-order valence-corrected chi connectivity index (χ0v) is 32.5. The van der Waals surface area contributed by atoms with Crippen molar-refractivity contribution in [2.45, 2.75) is 0 Å². The van der Waals surface area contributed by atoms with Gasteiger partial charge in [-0.15, -0.1) is 11.3 Å². The number of para-hydroxylation sites is 4. The molecule has 0 spiro atoms. The summed E-state index contributed by atoms with van der Waals surface area (Å²) in [5.74, 6) is 0. The van der Waals surface area contributed by atoms with Crippen LogP contribution in [0.4, 0.5) is 0 Å². The maximum Gasteiger partial charge on any atom is 0.0709 e. The minimum absolute atomic E-state index is 0.979. The van der Waals surface area contributed by atoms with Crippen molar-refractivity contribution in [2.24, 2.45) is 0 Å². The molecule has 0 bridgehead atoms. The van der Waals surface area contributed by atoms with Gasteiger partial charge in [-0.25, -0.2) is 9.97 Å². The van der Waals surface area contributed by atoms with E-state index in [1.165, 1.54) is 63.8 Å². The third-order valence-corrected chi connectivity index (χ3v) is 13.4. The SMILES string of the molecule is c1ccc2nc(-c3ccc(-n4c5ccccc5c5c6sc7c(ccc8c7c7ccccc7n8-c7ccc(-c8ccc9ccccc9n8)cc7)c6ccc54)cc3)ccc2c1. The van der Waals surface area contributed by atoms with Crippen molar-refractivity contribution in [3.63, 3.8) is 0 Å². The van der Waals surface area contributed by atoms with Gasteiger partial charge in [0.15, 0.2) is 0 Å². The van der Waals surface area contributed by atoms with Gasteiger partial charge in [0.25, 0.3) is 0 Å². The first-order valence-electron chi connectivity index (χ1n) is 20.0. The van der Waals surface area contributed by atoms with Gasteiger partial charge >= 0.3 is 0 Å². The first-order valence-corrected chi connectivity index (χ1v) is 20.8. The highest BCUT2D eigenvalue weighted by Crippen LogP contribution is 2.47. The standard InChI is InChI=1S/C54H32N4S/c1-5-13-43-33(9-1)21-29-45(55-43)35-17-23-37(24-18-35)57-47-15-7-3-11-41(47)51-49(57)31-27-39-40-28-32-50-52(54(40)59-53(39)51)42-12-4-8-16-48(42)58(50)38-25-19-36(20-26-38)46-30-22-34-10-2-6-14-44(34)56-46/h1-32H. The van der Waals surface area contributed by atoms with Gasteiger partial charge in [-0.05, 0) is 72.8 Å². The van der Waals surface area contributed by atoms with Crippen LogP contribution in [-0.2, 0) is 0 Å². The van der Waals surface area contributed by atoms with Gasteiger partial charge in [0.05, 0.1) is 44.5 Å². The molecule has 0 aliphatic heterocycles. The third-order valence-electron chi connectivity index (χ3n) is 12.1. The molecule has 0 aliphatic carbocycles. The molecule has 5 heteroatoms. The van der Waals surface area contributed by atoms with Crippen molar-refractivity contribution in [1.29, 1.82) is 0 Å². The van der Waals surface area contributed by atoms with Crippen molar-refractivity contribution >= 4 is 96.9 Å². The van der Waals surface area contributed by atoms with Crippen LogP contribution >= 0.6 is 11.3 Å². The molecule has 4 nitrogen and oxygen atoms in total. The Balaban J connectivity index is 0.971. The minimum Gasteiger partial charge on any atom is -0.309 e. The average Bonchev–Trinajstić information content (AvgIpc) is 3.96. The number of rotatable bonds is 4. The van der Waals surface area contributed by atoms with E-state index in [4.69, 9.17) is 9.97 Å². The van der Waals surface area contributed by atoms with Crippen LogP contribution in [0.3, 0.4) is 0 Å². The van der Waals surface area contributed by atoms with Crippen molar-refractivity contribution < 1.29 is 0 Å². The summed E-state index contributed by atoms with van der Waals surface area (Å²) in [5.41, 5.74) is 13.3. The molecule has 13 rings (SSSR count). The number of thiophene rings is 1. The lowest BCUT2D eigenvalue weighted by Crippen LogP contribution is -1.94. The van der Waals surface area contributed by atoms with Gasteiger partial charge in [-0.3, -0.25) is 0 Å². The molecule has 0 radical (unpaired) electrons. The van der Waals surface area contributed by atoms with Crippen LogP contribution in [0.1, 0.15) is 0 Å². The number of aromatic nitrogens is 4. The Morgan fingerprint density at radius 3 is 1.22 bits per heavy atom. The molecule has 0 N–H and O–H groups in total. The Morgan fingerprint density at radius 2 is 0.746 bits per heavy atom. The lowest BCUT2D eigenvalue weighted by molar-refractivity contribution is 1.18. The predicted octanol–water partition coefficient (Wildman–Crippen LogP) is 14.7. The fourth-order valence-electron chi connectivity index (χ4n) is 9.37. The summed E-state index contributed by atoms with van der Waals surface area (Å²) in [5, 5.41) is 10.0. The highest BCUT2D eigenvalue weighted by atomic mass is 32.1. The summed E-state index contributed by atoms with van der Waals surface area (Å²) >= 11 is 1.93. The largest absolute Gasteiger partial charge is 0.309 e. The van der Waals surface area contributed by atoms with Gasteiger partial charge in [0.1, 0.15) is 0 Å². The fraction of sp³-hybridized carbons (Fsp3) is 0. The lowest BCUT2D eigenvalue weighted by atomic mass is 10.1. The molecule has 0 amide bonds. The van der Waals surface area contributed by atoms with Gasteiger partial charge in [0.2, 0.25) is 0 Å². The van der Waals surface area contributed by atoms with E-state index in [-0.39, 0.29) is 0 Å². The average molecular weight is 769 g/mol. The lowest BCUT2D eigenvalue weighted by Gasteiger charge is -2.10. The van der Waals surface area contributed by atoms with Gasteiger partial charge in [-0.2, -0.15) is 0 Å². The Labute approximate surface area is 342 Å². The molecule has 0 saturated heterocycles. The second kappa shape index (κ2) is 12.4. The molecule has 59 heavy (non-hydrogen) atoms. The number of fused-ring (bicyclic) bond motifs is 13. The molecule has 5 heterocycles. The second-order valence-electron chi connectivity index (χ2n) is 15.4. The molecule has 0 saturated carbocycles. The van der Waals surface area contributed by atoms with E-state index >= 15 is 0 Å². The molecule has 0 aliphatic rings. The summed E-state index contributed by atoms with van der Waals surface area (Å²) in [6.45, 7) is 0. The summed E-state index contributed by atoms with van der Waals surface area (Å²) in [7, 11) is 0. The third kappa shape index (κ3) is 4.83. The molecule has 0 unspecified atom stereocenters. The number of hydrogen-bond acceptors (Lipinski definition) is 3. The molecule has 5 aromatic heterocycles. The Kier molecular flexibility index (Phi) is 6.85. The van der Waals surface area contributed by atoms with E-state index in [1.807, 2.05) is 23.5 Å². The zero-order valence-electron chi connectivity index (χ0n) is 31.7. The highest BCUT2D eigenvalue weighted by Gasteiger charge is 2.21. The Morgan fingerprint density at radius 1 is 0.322 bits per heavy atom. The maximum atomic E-state index is 4.97. The number of hydrogen-bond donors (Lipinski definition) is 0. The van der Waals surface area contributed by atoms with Gasteiger partial charge in [-0.1, -0.05) is 121 Å². The maximum absolute atomic E-state index is 4.97. The predicted molar refractivity (Wildman–Crippen MR) is 249 cm³/mol. The van der Waals surface area contributed by atoms with E-state index in [1.54, 1.807) is 0 Å². The van der Waals surface area contributed by atoms with Crippen LogP contribution in [0.25, 0.3) is 119 Å². The topological polar surface area (TPSA) is 35.6 Å². The van der Waals surface area contributed by atoms with Crippen LogP contribution in [0, 0.1) is 0 Å². The van der Waals surface area contributed by atoms with Gasteiger partial charge in [0, 0.05) is 75.0 Å². The quantitative estimate of drug-likeness (QED) is 0.179. The summed E-state index contributed by atoms with van der Waals surface area (Å²) in [6.07, 6.45) is 0. The summed E-state index contributed by atoms with van der Waals surface area (Å²) in [6, 6.07) is 69.9. The van der Waals surface area contributed by atoms with Crippen LogP contribution in [0.2, 0.25) is 0 Å². The molecule has 0 fully saturated rings. The first-order chi connectivity index (χ1) is 29.2. The van der Waals surface area contributed by atoms with Crippen LogP contribution < -0.4 is 0 Å². The molecule has 0 atom stereocenters. The normalized spacial score (nSPS) is 12.1. The molecule has 13 aromatic rings. The first kappa shape index (κ1) is 32.5. The fourth-order valence-corrected chi connectivity index (χ4v) is 10.8. The molecule has 274 valence electrons. The monoisotopic (exact) mass is 768 g/mol. The minimum atomic E-state index is 0.979.